The van der Waals surface area contributed by atoms with E-state index in [1.54, 1.807) is 11.3 Å². The van der Waals surface area contributed by atoms with E-state index in [1.165, 1.54) is 15.3 Å². The lowest BCUT2D eigenvalue weighted by Crippen LogP contribution is -2.48. The second-order valence-electron chi connectivity index (χ2n) is 8.56. The maximum absolute atomic E-state index is 13.2. The third kappa shape index (κ3) is 3.87. The molecule has 5 rings (SSSR count). The molecule has 0 N–H and O–H groups in total. The van der Waals surface area contributed by atoms with Crippen molar-refractivity contribution in [2.24, 2.45) is 5.92 Å². The third-order valence-electron chi connectivity index (χ3n) is 6.54. The van der Waals surface area contributed by atoms with Gasteiger partial charge in [0, 0.05) is 55.4 Å². The standard InChI is InChI=1S/C22H28N4O2S2/c1-15-23-18(14-29-15)20-12-17-13-26(11-6-19(17)30-20)21(27)16-4-9-25(10-5-16)22(28)24-7-2-3-8-24/h12,14,16H,2-11,13H2,1H3. The van der Waals surface area contributed by atoms with E-state index in [0.29, 0.717) is 19.6 Å². The predicted octanol–water partition coefficient (Wildman–Crippen LogP) is 3.99. The maximum atomic E-state index is 13.2. The van der Waals surface area contributed by atoms with Crippen LogP contribution in [-0.4, -0.2) is 64.3 Å². The first kappa shape index (κ1) is 20.0. The Morgan fingerprint density at radius 2 is 1.77 bits per heavy atom. The van der Waals surface area contributed by atoms with Crippen molar-refractivity contribution in [1.29, 1.82) is 0 Å². The molecular weight excluding hydrogens is 416 g/mol. The Labute approximate surface area is 185 Å². The molecule has 0 bridgehead atoms. The van der Waals surface area contributed by atoms with Crippen molar-refractivity contribution < 1.29 is 9.59 Å². The zero-order valence-corrected chi connectivity index (χ0v) is 19.1. The van der Waals surface area contributed by atoms with E-state index >= 15 is 0 Å². The average Bonchev–Trinajstić information content (AvgIpc) is 3.52. The molecular formula is C22H28N4O2S2. The van der Waals surface area contributed by atoms with Gasteiger partial charge < -0.3 is 14.7 Å². The molecule has 0 radical (unpaired) electrons. The van der Waals surface area contributed by atoms with Crippen LogP contribution in [0.15, 0.2) is 11.4 Å². The van der Waals surface area contributed by atoms with Crippen molar-refractivity contribution in [1.82, 2.24) is 19.7 Å². The number of nitrogens with zero attached hydrogens (tertiary/aromatic N) is 4. The fourth-order valence-corrected chi connectivity index (χ4v) is 6.62. The van der Waals surface area contributed by atoms with Crippen LogP contribution >= 0.6 is 22.7 Å². The monoisotopic (exact) mass is 444 g/mol. The molecule has 3 aliphatic rings. The van der Waals surface area contributed by atoms with Crippen LogP contribution in [0.1, 0.15) is 41.1 Å². The van der Waals surface area contributed by atoms with E-state index in [9.17, 15) is 9.59 Å². The molecule has 0 saturated carbocycles. The molecule has 2 fully saturated rings. The van der Waals surface area contributed by atoms with Crippen molar-refractivity contribution in [3.63, 3.8) is 0 Å². The van der Waals surface area contributed by atoms with Crippen LogP contribution in [-0.2, 0) is 17.8 Å². The van der Waals surface area contributed by atoms with Gasteiger partial charge in [0.15, 0.2) is 0 Å². The highest BCUT2D eigenvalue weighted by molar-refractivity contribution is 7.16. The van der Waals surface area contributed by atoms with Gasteiger partial charge in [0.05, 0.1) is 15.6 Å². The number of fused-ring (bicyclic) bond motifs is 1. The van der Waals surface area contributed by atoms with Gasteiger partial charge in [-0.25, -0.2) is 9.78 Å². The second-order valence-corrected chi connectivity index (χ2v) is 10.8. The van der Waals surface area contributed by atoms with E-state index in [2.05, 4.69) is 16.4 Å². The number of thiophene rings is 1. The summed E-state index contributed by atoms with van der Waals surface area (Å²) in [6, 6.07) is 2.40. The Hall–Kier alpha value is -1.93. The van der Waals surface area contributed by atoms with E-state index in [0.717, 1.165) is 62.4 Å². The lowest BCUT2D eigenvalue weighted by atomic mass is 9.94. The normalized spacial score (nSPS) is 20.0. The van der Waals surface area contributed by atoms with Crippen LogP contribution in [0.4, 0.5) is 4.79 Å². The Morgan fingerprint density at radius 3 is 2.47 bits per heavy atom. The molecule has 5 heterocycles. The minimum atomic E-state index is 0.0495. The molecule has 3 amide bonds. The van der Waals surface area contributed by atoms with Gasteiger partial charge >= 0.3 is 6.03 Å². The van der Waals surface area contributed by atoms with Crippen molar-refractivity contribution in [3.05, 3.63) is 26.9 Å². The number of carbonyl (C=O) groups is 2. The van der Waals surface area contributed by atoms with Gasteiger partial charge in [0.2, 0.25) is 5.91 Å². The largest absolute Gasteiger partial charge is 0.338 e. The molecule has 0 aromatic carbocycles. The number of thiazole rings is 1. The Bertz CT molecular complexity index is 939. The summed E-state index contributed by atoms with van der Waals surface area (Å²) in [5.74, 6) is 0.319. The quantitative estimate of drug-likeness (QED) is 0.704. The van der Waals surface area contributed by atoms with Crippen molar-refractivity contribution in [2.75, 3.05) is 32.7 Å². The van der Waals surface area contributed by atoms with Crippen LogP contribution in [0.2, 0.25) is 0 Å². The molecule has 2 saturated heterocycles. The van der Waals surface area contributed by atoms with Gasteiger partial charge in [-0.05, 0) is 50.7 Å². The summed E-state index contributed by atoms with van der Waals surface area (Å²) in [5.41, 5.74) is 2.34. The zero-order valence-electron chi connectivity index (χ0n) is 17.4. The first-order chi connectivity index (χ1) is 14.6. The summed E-state index contributed by atoms with van der Waals surface area (Å²) < 4.78 is 0. The van der Waals surface area contributed by atoms with Gasteiger partial charge in [0.1, 0.15) is 0 Å². The molecule has 0 atom stereocenters. The molecule has 160 valence electrons. The maximum Gasteiger partial charge on any atom is 0.319 e. The van der Waals surface area contributed by atoms with Gasteiger partial charge in [0.25, 0.3) is 0 Å². The van der Waals surface area contributed by atoms with Crippen LogP contribution in [0.5, 0.6) is 0 Å². The van der Waals surface area contributed by atoms with E-state index < -0.39 is 0 Å². The van der Waals surface area contributed by atoms with Crippen LogP contribution in [0.3, 0.4) is 0 Å². The summed E-state index contributed by atoms with van der Waals surface area (Å²) in [6.07, 6.45) is 4.73. The molecule has 0 aliphatic carbocycles. The van der Waals surface area contributed by atoms with Crippen molar-refractivity contribution in [2.45, 2.75) is 45.6 Å². The smallest absolute Gasteiger partial charge is 0.319 e. The van der Waals surface area contributed by atoms with Crippen molar-refractivity contribution in [3.8, 4) is 10.6 Å². The molecule has 2 aromatic rings. The van der Waals surface area contributed by atoms with Gasteiger partial charge in [-0.2, -0.15) is 0 Å². The summed E-state index contributed by atoms with van der Waals surface area (Å²) >= 11 is 3.50. The van der Waals surface area contributed by atoms with Gasteiger partial charge in [-0.3, -0.25) is 4.79 Å². The number of rotatable bonds is 2. The number of carbonyl (C=O) groups excluding carboxylic acids is 2. The predicted molar refractivity (Wildman–Crippen MR) is 120 cm³/mol. The highest BCUT2D eigenvalue weighted by atomic mass is 32.1. The summed E-state index contributed by atoms with van der Waals surface area (Å²) in [5, 5.41) is 3.20. The van der Waals surface area contributed by atoms with Gasteiger partial charge in [-0.15, -0.1) is 22.7 Å². The average molecular weight is 445 g/mol. The first-order valence-corrected chi connectivity index (χ1v) is 12.6. The number of hydrogen-bond acceptors (Lipinski definition) is 5. The summed E-state index contributed by atoms with van der Waals surface area (Å²) in [6.45, 7) is 6.72. The number of aryl methyl sites for hydroxylation is 1. The number of aromatic nitrogens is 1. The number of piperidine rings is 1. The molecule has 8 heteroatoms. The van der Waals surface area contributed by atoms with E-state index in [4.69, 9.17) is 0 Å². The number of urea groups is 1. The lowest BCUT2D eigenvalue weighted by Gasteiger charge is -2.36. The zero-order chi connectivity index (χ0) is 20.7. The minimum absolute atomic E-state index is 0.0495. The summed E-state index contributed by atoms with van der Waals surface area (Å²) in [4.78, 5) is 38.9. The Balaban J connectivity index is 1.19. The Morgan fingerprint density at radius 1 is 1.03 bits per heavy atom. The molecule has 0 spiro atoms. The molecule has 0 unspecified atom stereocenters. The highest BCUT2D eigenvalue weighted by Crippen LogP contribution is 2.36. The van der Waals surface area contributed by atoms with E-state index in [-0.39, 0.29) is 17.9 Å². The number of likely N-dealkylation sites (tertiary alicyclic amines) is 2. The first-order valence-electron chi connectivity index (χ1n) is 11.0. The molecule has 30 heavy (non-hydrogen) atoms. The fraction of sp³-hybridized carbons (Fsp3) is 0.591. The minimum Gasteiger partial charge on any atom is -0.338 e. The number of hydrogen-bond donors (Lipinski definition) is 0. The fourth-order valence-electron chi connectivity index (χ4n) is 4.81. The lowest BCUT2D eigenvalue weighted by molar-refractivity contribution is -0.137. The molecule has 3 aliphatic heterocycles. The SMILES string of the molecule is Cc1nc(-c2cc3c(s2)CCN(C(=O)C2CCN(C(=O)N4CCCC4)CC2)C3)cs1. The van der Waals surface area contributed by atoms with Gasteiger partial charge in [-0.1, -0.05) is 0 Å². The highest BCUT2D eigenvalue weighted by Gasteiger charge is 2.33. The van der Waals surface area contributed by atoms with Crippen LogP contribution in [0.25, 0.3) is 10.6 Å². The molecule has 2 aromatic heterocycles. The number of amides is 3. The third-order valence-corrected chi connectivity index (χ3v) is 8.57. The van der Waals surface area contributed by atoms with Crippen molar-refractivity contribution >= 4 is 34.6 Å². The second kappa shape index (κ2) is 8.30. The van der Waals surface area contributed by atoms with Crippen LogP contribution in [0, 0.1) is 12.8 Å². The summed E-state index contributed by atoms with van der Waals surface area (Å²) in [7, 11) is 0. The van der Waals surface area contributed by atoms with E-state index in [1.807, 2.05) is 33.0 Å². The topological polar surface area (TPSA) is 56.8 Å². The van der Waals surface area contributed by atoms with Crippen LogP contribution < -0.4 is 0 Å². The molecule has 6 nitrogen and oxygen atoms in total. The Kier molecular flexibility index (Phi) is 5.54.